The predicted octanol–water partition coefficient (Wildman–Crippen LogP) is 0.0796. The van der Waals surface area contributed by atoms with Crippen molar-refractivity contribution in [1.29, 1.82) is 0 Å². The van der Waals surface area contributed by atoms with E-state index in [1.807, 2.05) is 12.2 Å². The Balaban J connectivity index is 1.43. The minimum absolute atomic E-state index is 0.0730. The van der Waals surface area contributed by atoms with Crippen LogP contribution < -0.4 is 10.5 Å². The molecule has 2 bridgehead atoms. The number of nitrogens with two attached hydrogens (primary N) is 1. The molecule has 1 saturated heterocycles. The highest BCUT2D eigenvalue weighted by Crippen LogP contribution is 2.52. The Labute approximate surface area is 150 Å². The molecule has 1 aromatic rings. The number of fused-ring (bicyclic) bond motifs is 5. The largest absolute Gasteiger partial charge is 0.325 e. The second-order valence-electron chi connectivity index (χ2n) is 6.88. The van der Waals surface area contributed by atoms with Crippen LogP contribution >= 0.6 is 0 Å². The molecule has 2 fully saturated rings. The smallest absolute Gasteiger partial charge is 0.244 e. The third-order valence-electron chi connectivity index (χ3n) is 5.33. The van der Waals surface area contributed by atoms with E-state index in [-0.39, 0.29) is 46.9 Å². The number of carbonyl (C=O) groups excluding carboxylic acids is 3. The van der Waals surface area contributed by atoms with Crippen LogP contribution in [0.2, 0.25) is 0 Å². The van der Waals surface area contributed by atoms with Crippen molar-refractivity contribution in [3.63, 3.8) is 0 Å². The maximum absolute atomic E-state index is 12.5. The number of likely N-dealkylation sites (tertiary alicyclic amines) is 1. The number of hydrogen-bond acceptors (Lipinski definition) is 5. The second-order valence-corrected chi connectivity index (χ2v) is 8.44. The molecule has 0 aromatic heterocycles. The number of amides is 3. The number of benzene rings is 1. The Hall–Kier alpha value is -2.52. The van der Waals surface area contributed by atoms with Gasteiger partial charge in [0.15, 0.2) is 0 Å². The fraction of sp³-hybridized carbons (Fsp3) is 0.353. The van der Waals surface area contributed by atoms with E-state index in [0.29, 0.717) is 5.69 Å². The standard InChI is InChI=1S/C17H17N3O5S/c18-26(24,25)12-5-3-11(4-6-12)19-13(21)8-20-16(22)14-9-1-2-10(7-9)15(14)17(20)23/h1-6,9-10,14-15H,7-8H2,(H,19,21)(H2,18,24,25)/t9-,10-,14-,15-/m0/s1. The fourth-order valence-corrected chi connectivity index (χ4v) is 4.71. The van der Waals surface area contributed by atoms with Crippen LogP contribution in [0.15, 0.2) is 41.3 Å². The van der Waals surface area contributed by atoms with Crippen molar-refractivity contribution in [2.75, 3.05) is 11.9 Å². The molecule has 1 heterocycles. The first kappa shape index (κ1) is 16.9. The highest BCUT2D eigenvalue weighted by molar-refractivity contribution is 7.89. The molecular formula is C17H17N3O5S. The normalized spacial score (nSPS) is 29.3. The van der Waals surface area contributed by atoms with Gasteiger partial charge in [-0.05, 0) is 42.5 Å². The van der Waals surface area contributed by atoms with E-state index in [9.17, 15) is 22.8 Å². The molecule has 4 atom stereocenters. The van der Waals surface area contributed by atoms with Crippen LogP contribution in [0.5, 0.6) is 0 Å². The van der Waals surface area contributed by atoms with Crippen LogP contribution in [0.25, 0.3) is 0 Å². The van der Waals surface area contributed by atoms with Crippen LogP contribution in [0, 0.1) is 23.7 Å². The molecule has 136 valence electrons. The SMILES string of the molecule is NS(=O)(=O)c1ccc(NC(=O)CN2C(=O)[C@@H]3[C@@H](C2=O)[C@H]2C=C[C@H]3C2)cc1. The van der Waals surface area contributed by atoms with Gasteiger partial charge in [0.05, 0.1) is 16.7 Å². The molecule has 3 N–H and O–H groups in total. The molecule has 0 spiro atoms. The lowest BCUT2D eigenvalue weighted by atomic mass is 9.85. The van der Waals surface area contributed by atoms with Crippen molar-refractivity contribution in [3.05, 3.63) is 36.4 Å². The first-order valence-electron chi connectivity index (χ1n) is 8.22. The van der Waals surface area contributed by atoms with E-state index < -0.39 is 15.9 Å². The summed E-state index contributed by atoms with van der Waals surface area (Å²) < 4.78 is 22.5. The summed E-state index contributed by atoms with van der Waals surface area (Å²) >= 11 is 0. The predicted molar refractivity (Wildman–Crippen MR) is 90.9 cm³/mol. The molecule has 9 heteroatoms. The van der Waals surface area contributed by atoms with E-state index >= 15 is 0 Å². The Kier molecular flexibility index (Phi) is 3.74. The van der Waals surface area contributed by atoms with Gasteiger partial charge in [-0.25, -0.2) is 13.6 Å². The molecule has 1 aliphatic heterocycles. The lowest BCUT2D eigenvalue weighted by Crippen LogP contribution is -2.39. The summed E-state index contributed by atoms with van der Waals surface area (Å²) in [6.45, 7) is -0.346. The summed E-state index contributed by atoms with van der Waals surface area (Å²) in [5.41, 5.74) is 0.350. The van der Waals surface area contributed by atoms with Crippen LogP contribution in [0.1, 0.15) is 6.42 Å². The number of anilines is 1. The van der Waals surface area contributed by atoms with Crippen LogP contribution in [0.3, 0.4) is 0 Å². The average molecular weight is 375 g/mol. The zero-order chi connectivity index (χ0) is 18.6. The minimum atomic E-state index is -3.81. The quantitative estimate of drug-likeness (QED) is 0.569. The molecule has 1 saturated carbocycles. The number of sulfonamides is 1. The first-order chi connectivity index (χ1) is 12.3. The van der Waals surface area contributed by atoms with Gasteiger partial charge in [0, 0.05) is 5.69 Å². The molecule has 1 aromatic carbocycles. The topological polar surface area (TPSA) is 127 Å². The third kappa shape index (κ3) is 2.63. The highest BCUT2D eigenvalue weighted by atomic mass is 32.2. The summed E-state index contributed by atoms with van der Waals surface area (Å²) in [6, 6.07) is 5.32. The van der Waals surface area contributed by atoms with Gasteiger partial charge >= 0.3 is 0 Å². The number of allylic oxidation sites excluding steroid dienone is 2. The van der Waals surface area contributed by atoms with Crippen LogP contribution in [-0.2, 0) is 24.4 Å². The summed E-state index contributed by atoms with van der Waals surface area (Å²) in [5.74, 6) is -1.55. The lowest BCUT2D eigenvalue weighted by Gasteiger charge is -2.16. The highest BCUT2D eigenvalue weighted by Gasteiger charge is 2.59. The second kappa shape index (κ2) is 5.75. The Morgan fingerprint density at radius 2 is 1.62 bits per heavy atom. The zero-order valence-electron chi connectivity index (χ0n) is 13.7. The maximum Gasteiger partial charge on any atom is 0.244 e. The molecule has 3 amide bonds. The van der Waals surface area contributed by atoms with Gasteiger partial charge in [0.1, 0.15) is 6.54 Å². The number of primary sulfonamides is 1. The number of imide groups is 1. The van der Waals surface area contributed by atoms with Gasteiger partial charge in [-0.3, -0.25) is 19.3 Å². The van der Waals surface area contributed by atoms with E-state index in [4.69, 9.17) is 5.14 Å². The van der Waals surface area contributed by atoms with Gasteiger partial charge < -0.3 is 5.32 Å². The van der Waals surface area contributed by atoms with Crippen molar-refractivity contribution >= 4 is 33.4 Å². The molecule has 3 aliphatic rings. The van der Waals surface area contributed by atoms with E-state index in [2.05, 4.69) is 5.32 Å². The van der Waals surface area contributed by atoms with Gasteiger partial charge in [-0.2, -0.15) is 0 Å². The van der Waals surface area contributed by atoms with Gasteiger partial charge in [-0.15, -0.1) is 0 Å². The van der Waals surface area contributed by atoms with Gasteiger partial charge in [0.25, 0.3) is 0 Å². The monoisotopic (exact) mass is 375 g/mol. The zero-order valence-corrected chi connectivity index (χ0v) is 14.5. The first-order valence-corrected chi connectivity index (χ1v) is 9.76. The maximum atomic E-state index is 12.5. The van der Waals surface area contributed by atoms with Gasteiger partial charge in [0.2, 0.25) is 27.7 Å². The Morgan fingerprint density at radius 1 is 1.08 bits per heavy atom. The van der Waals surface area contributed by atoms with E-state index in [1.54, 1.807) is 0 Å². The lowest BCUT2D eigenvalue weighted by molar-refractivity contribution is -0.143. The fourth-order valence-electron chi connectivity index (χ4n) is 4.19. The number of hydrogen-bond donors (Lipinski definition) is 2. The summed E-state index contributed by atoms with van der Waals surface area (Å²) in [7, 11) is -3.81. The molecule has 26 heavy (non-hydrogen) atoms. The van der Waals surface area contributed by atoms with E-state index in [1.165, 1.54) is 24.3 Å². The van der Waals surface area contributed by atoms with Crippen molar-refractivity contribution in [2.45, 2.75) is 11.3 Å². The number of carbonyl (C=O) groups is 3. The summed E-state index contributed by atoms with van der Waals surface area (Å²) in [4.78, 5) is 38.3. The third-order valence-corrected chi connectivity index (χ3v) is 6.26. The van der Waals surface area contributed by atoms with Crippen LogP contribution in [0.4, 0.5) is 5.69 Å². The van der Waals surface area contributed by atoms with Crippen molar-refractivity contribution in [3.8, 4) is 0 Å². The molecule has 0 radical (unpaired) electrons. The minimum Gasteiger partial charge on any atom is -0.325 e. The molecule has 4 rings (SSSR count). The molecular weight excluding hydrogens is 358 g/mol. The van der Waals surface area contributed by atoms with Crippen molar-refractivity contribution < 1.29 is 22.8 Å². The summed E-state index contributed by atoms with van der Waals surface area (Å²) in [6.07, 6.45) is 4.82. The van der Waals surface area contributed by atoms with Crippen molar-refractivity contribution in [1.82, 2.24) is 4.90 Å². The molecule has 2 aliphatic carbocycles. The number of nitrogens with zero attached hydrogens (tertiary/aromatic N) is 1. The Bertz CT molecular complexity index is 908. The average Bonchev–Trinajstić information content (AvgIpc) is 3.24. The molecule has 0 unspecified atom stereocenters. The van der Waals surface area contributed by atoms with Gasteiger partial charge in [-0.1, -0.05) is 12.2 Å². The number of rotatable bonds is 4. The molecule has 8 nitrogen and oxygen atoms in total. The van der Waals surface area contributed by atoms with E-state index in [0.717, 1.165) is 11.3 Å². The Morgan fingerprint density at radius 3 is 2.12 bits per heavy atom. The van der Waals surface area contributed by atoms with Crippen LogP contribution in [-0.4, -0.2) is 37.6 Å². The van der Waals surface area contributed by atoms with Crippen molar-refractivity contribution in [2.24, 2.45) is 28.8 Å². The summed E-state index contributed by atoms with van der Waals surface area (Å²) in [5, 5.41) is 7.57. The number of nitrogens with one attached hydrogen (secondary N) is 1.